The molecule has 200 valence electrons. The van der Waals surface area contributed by atoms with E-state index in [1.165, 1.54) is 6.33 Å². The molecular formula is C27H37N5O5. The molecule has 1 aliphatic carbocycles. The maximum absolute atomic E-state index is 13.7. The normalized spacial score (nSPS) is 19.5. The molecule has 0 bridgehead atoms. The third-order valence-corrected chi connectivity index (χ3v) is 7.38. The van der Waals surface area contributed by atoms with Crippen molar-refractivity contribution in [1.82, 2.24) is 25.1 Å². The summed E-state index contributed by atoms with van der Waals surface area (Å²) in [5, 5.41) is 6.03. The molecule has 1 aromatic carbocycles. The molecule has 2 N–H and O–H groups in total. The number of ether oxygens (including phenoxy) is 2. The monoisotopic (exact) mass is 511 g/mol. The quantitative estimate of drug-likeness (QED) is 0.507. The fourth-order valence-electron chi connectivity index (χ4n) is 5.29. The van der Waals surface area contributed by atoms with E-state index in [4.69, 9.17) is 9.47 Å². The van der Waals surface area contributed by atoms with Gasteiger partial charge in [-0.3, -0.25) is 14.4 Å². The van der Waals surface area contributed by atoms with Gasteiger partial charge in [-0.2, -0.15) is 0 Å². The number of carbonyl (C=O) groups excluding carboxylic acids is 3. The van der Waals surface area contributed by atoms with Crippen molar-refractivity contribution in [1.29, 1.82) is 0 Å². The van der Waals surface area contributed by atoms with E-state index in [0.717, 1.165) is 31.2 Å². The largest absolute Gasteiger partial charge is 0.497 e. The minimum Gasteiger partial charge on any atom is -0.497 e. The molecule has 1 saturated carbocycles. The van der Waals surface area contributed by atoms with E-state index in [1.54, 1.807) is 36.7 Å². The highest BCUT2D eigenvalue weighted by Crippen LogP contribution is 2.30. The van der Waals surface area contributed by atoms with Crippen LogP contribution in [0.15, 0.2) is 24.5 Å². The van der Waals surface area contributed by atoms with Crippen LogP contribution in [0.2, 0.25) is 0 Å². The number of rotatable bonds is 10. The molecule has 10 nitrogen and oxygen atoms in total. The summed E-state index contributed by atoms with van der Waals surface area (Å²) in [5.74, 6) is 0.434. The van der Waals surface area contributed by atoms with Gasteiger partial charge >= 0.3 is 0 Å². The van der Waals surface area contributed by atoms with E-state index in [2.05, 4.69) is 15.6 Å². The lowest BCUT2D eigenvalue weighted by Gasteiger charge is -2.44. The summed E-state index contributed by atoms with van der Waals surface area (Å²) in [6.07, 6.45) is 6.85. The van der Waals surface area contributed by atoms with Gasteiger partial charge in [0.25, 0.3) is 11.8 Å². The highest BCUT2D eigenvalue weighted by Gasteiger charge is 2.48. The van der Waals surface area contributed by atoms with Crippen molar-refractivity contribution < 1.29 is 23.9 Å². The molecule has 1 atom stereocenters. The number of methoxy groups -OCH3 is 2. The topological polar surface area (TPSA) is 115 Å². The number of hydrogen-bond donors (Lipinski definition) is 2. The Bertz CT molecular complexity index is 1160. The van der Waals surface area contributed by atoms with Crippen LogP contribution in [-0.4, -0.2) is 71.1 Å². The van der Waals surface area contributed by atoms with Crippen LogP contribution in [0.5, 0.6) is 11.5 Å². The average molecular weight is 512 g/mol. The smallest absolute Gasteiger partial charge is 0.273 e. The predicted molar refractivity (Wildman–Crippen MR) is 138 cm³/mol. The maximum Gasteiger partial charge on any atom is 0.273 e. The van der Waals surface area contributed by atoms with E-state index in [1.807, 2.05) is 19.1 Å². The molecular weight excluding hydrogens is 474 g/mol. The Hall–Kier alpha value is -3.56. The summed E-state index contributed by atoms with van der Waals surface area (Å²) in [6.45, 7) is 4.76. The van der Waals surface area contributed by atoms with Crippen molar-refractivity contribution >= 4 is 17.7 Å². The number of benzene rings is 1. The summed E-state index contributed by atoms with van der Waals surface area (Å²) < 4.78 is 12.3. The van der Waals surface area contributed by atoms with Crippen LogP contribution in [-0.2, 0) is 17.8 Å². The minimum absolute atomic E-state index is 0.0750. The molecule has 2 aliphatic rings. The number of fused-ring (bicyclic) bond motifs is 1. The van der Waals surface area contributed by atoms with Crippen LogP contribution in [0.3, 0.4) is 0 Å². The molecule has 2 heterocycles. The molecule has 4 rings (SSSR count). The van der Waals surface area contributed by atoms with Gasteiger partial charge in [-0.1, -0.05) is 25.8 Å². The number of carbonyl (C=O) groups is 3. The van der Waals surface area contributed by atoms with E-state index in [-0.39, 0.29) is 35.8 Å². The molecule has 10 heteroatoms. The average Bonchev–Trinajstić information content (AvgIpc) is 3.56. The second-order valence-electron chi connectivity index (χ2n) is 9.94. The minimum atomic E-state index is -1.05. The summed E-state index contributed by atoms with van der Waals surface area (Å²) in [5.41, 5.74) is 0.164. The van der Waals surface area contributed by atoms with Gasteiger partial charge in [-0.15, -0.1) is 0 Å². The Kier molecular flexibility index (Phi) is 8.04. The SMILES string of the molecule is CCCN1C(=O)c2c(C(=O)NCCc3ccc(OC)cc3OC)ncn2CC1(C)C(=O)NC1CCCC1. The van der Waals surface area contributed by atoms with Gasteiger partial charge in [-0.05, 0) is 44.2 Å². The van der Waals surface area contributed by atoms with E-state index >= 15 is 0 Å². The van der Waals surface area contributed by atoms with E-state index in [0.29, 0.717) is 37.4 Å². The lowest BCUT2D eigenvalue weighted by molar-refractivity contribution is -0.133. The Morgan fingerprint density at radius 2 is 1.95 bits per heavy atom. The van der Waals surface area contributed by atoms with Gasteiger partial charge in [0.05, 0.1) is 27.1 Å². The Morgan fingerprint density at radius 1 is 1.19 bits per heavy atom. The van der Waals surface area contributed by atoms with Gasteiger partial charge in [-0.25, -0.2) is 4.98 Å². The highest BCUT2D eigenvalue weighted by molar-refractivity contribution is 6.07. The standard InChI is InChI=1S/C27H37N5O5/c1-5-14-32-25(34)23-22(24(33)28-13-12-18-10-11-20(36-3)15-21(18)37-4)29-17-31(23)16-27(32,2)26(35)30-19-8-6-7-9-19/h10-11,15,17,19H,5-9,12-14,16H2,1-4H3,(H,28,33)(H,30,35). The maximum atomic E-state index is 13.7. The first-order chi connectivity index (χ1) is 17.8. The number of nitrogens with zero attached hydrogens (tertiary/aromatic N) is 3. The zero-order valence-electron chi connectivity index (χ0n) is 22.1. The number of amides is 3. The van der Waals surface area contributed by atoms with Crippen molar-refractivity contribution in [2.24, 2.45) is 0 Å². The molecule has 2 aromatic rings. The number of nitrogens with one attached hydrogen (secondary N) is 2. The third-order valence-electron chi connectivity index (χ3n) is 7.38. The highest BCUT2D eigenvalue weighted by atomic mass is 16.5. The second-order valence-corrected chi connectivity index (χ2v) is 9.94. The number of aromatic nitrogens is 2. The first kappa shape index (κ1) is 26.5. The summed E-state index contributed by atoms with van der Waals surface area (Å²) >= 11 is 0. The van der Waals surface area contributed by atoms with E-state index in [9.17, 15) is 14.4 Å². The van der Waals surface area contributed by atoms with Crippen molar-refractivity contribution in [3.63, 3.8) is 0 Å². The van der Waals surface area contributed by atoms with Crippen LogP contribution < -0.4 is 20.1 Å². The fourth-order valence-corrected chi connectivity index (χ4v) is 5.29. The molecule has 0 radical (unpaired) electrons. The zero-order valence-corrected chi connectivity index (χ0v) is 22.1. The van der Waals surface area contributed by atoms with Gasteiger partial charge < -0.3 is 29.6 Å². The summed E-state index contributed by atoms with van der Waals surface area (Å²) in [4.78, 5) is 46.0. The molecule has 1 aromatic heterocycles. The van der Waals surface area contributed by atoms with Gasteiger partial charge in [0, 0.05) is 25.2 Å². The van der Waals surface area contributed by atoms with Crippen molar-refractivity contribution in [2.75, 3.05) is 27.3 Å². The number of imidazole rings is 1. The third kappa shape index (κ3) is 5.28. The van der Waals surface area contributed by atoms with Crippen LogP contribution in [0, 0.1) is 0 Å². The summed E-state index contributed by atoms with van der Waals surface area (Å²) in [7, 11) is 3.18. The van der Waals surface area contributed by atoms with Crippen molar-refractivity contribution in [3.8, 4) is 11.5 Å². The van der Waals surface area contributed by atoms with Gasteiger partial charge in [0.2, 0.25) is 5.91 Å². The molecule has 37 heavy (non-hydrogen) atoms. The lowest BCUT2D eigenvalue weighted by Crippen LogP contribution is -2.65. The second kappa shape index (κ2) is 11.2. The predicted octanol–water partition coefficient (Wildman–Crippen LogP) is 2.56. The molecule has 1 aliphatic heterocycles. The Labute approximate surface area is 217 Å². The Balaban J connectivity index is 1.49. The molecule has 0 saturated heterocycles. The molecule has 1 unspecified atom stereocenters. The molecule has 1 fully saturated rings. The Morgan fingerprint density at radius 3 is 2.62 bits per heavy atom. The summed E-state index contributed by atoms with van der Waals surface area (Å²) in [6, 6.07) is 5.68. The number of hydrogen-bond acceptors (Lipinski definition) is 6. The van der Waals surface area contributed by atoms with Gasteiger partial charge in [0.15, 0.2) is 5.69 Å². The first-order valence-corrected chi connectivity index (χ1v) is 13.0. The van der Waals surface area contributed by atoms with Crippen LogP contribution in [0.4, 0.5) is 0 Å². The van der Waals surface area contributed by atoms with E-state index < -0.39 is 11.4 Å². The van der Waals surface area contributed by atoms with Crippen LogP contribution in [0.1, 0.15) is 72.5 Å². The fraction of sp³-hybridized carbons (Fsp3) is 0.556. The lowest BCUT2D eigenvalue weighted by atomic mass is 9.93. The van der Waals surface area contributed by atoms with Crippen molar-refractivity contribution in [2.45, 2.75) is 70.5 Å². The first-order valence-electron chi connectivity index (χ1n) is 13.0. The zero-order chi connectivity index (χ0) is 26.6. The molecule has 3 amide bonds. The van der Waals surface area contributed by atoms with Crippen LogP contribution >= 0.6 is 0 Å². The van der Waals surface area contributed by atoms with Crippen molar-refractivity contribution in [3.05, 3.63) is 41.5 Å². The van der Waals surface area contributed by atoms with Gasteiger partial charge in [0.1, 0.15) is 22.7 Å². The van der Waals surface area contributed by atoms with Crippen LogP contribution in [0.25, 0.3) is 0 Å². The molecule has 0 spiro atoms.